The average molecular weight is 292 g/mol. The van der Waals surface area contributed by atoms with E-state index in [9.17, 15) is 5.11 Å². The molecule has 15 heavy (non-hydrogen) atoms. The molecule has 0 aliphatic carbocycles. The zero-order valence-electron chi connectivity index (χ0n) is 8.36. The second kappa shape index (κ2) is 5.39. The predicted octanol–water partition coefficient (Wildman–Crippen LogP) is 1.95. The quantitative estimate of drug-likeness (QED) is 0.924. The van der Waals surface area contributed by atoms with E-state index < -0.39 is 0 Å². The fourth-order valence-electron chi connectivity index (χ4n) is 1.73. The molecule has 0 radical (unpaired) electrons. The van der Waals surface area contributed by atoms with Crippen LogP contribution in [0.25, 0.3) is 0 Å². The van der Waals surface area contributed by atoms with Crippen LogP contribution in [0.4, 0.5) is 0 Å². The van der Waals surface area contributed by atoms with E-state index >= 15 is 0 Å². The van der Waals surface area contributed by atoms with Gasteiger partial charge in [0.2, 0.25) is 0 Å². The molecule has 84 valence electrons. The van der Waals surface area contributed by atoms with Gasteiger partial charge in [-0.1, -0.05) is 0 Å². The van der Waals surface area contributed by atoms with Gasteiger partial charge in [0.05, 0.1) is 12.9 Å². The van der Waals surface area contributed by atoms with Crippen LogP contribution in [0, 0.1) is 0 Å². The minimum Gasteiger partial charge on any atom is -0.457 e. The van der Waals surface area contributed by atoms with Crippen molar-refractivity contribution >= 4 is 27.7 Å². The molecule has 5 heteroatoms. The standard InChI is InChI=1S/C10H14BrNO2S/c11-10-3-8(6-14-10)4-12-1-2-15-7-9(12)5-13/h3,6,9,13H,1-2,4-5,7H2. The predicted molar refractivity (Wildman–Crippen MR) is 65.0 cm³/mol. The maximum Gasteiger partial charge on any atom is 0.169 e. The Morgan fingerprint density at radius 2 is 2.53 bits per heavy atom. The normalized spacial score (nSPS) is 23.2. The van der Waals surface area contributed by atoms with Crippen LogP contribution in [-0.2, 0) is 6.54 Å². The molecule has 1 saturated heterocycles. The van der Waals surface area contributed by atoms with E-state index in [4.69, 9.17) is 4.42 Å². The Morgan fingerprint density at radius 1 is 1.67 bits per heavy atom. The molecule has 1 aliphatic rings. The molecule has 1 N–H and O–H groups in total. The summed E-state index contributed by atoms with van der Waals surface area (Å²) in [5.41, 5.74) is 1.16. The molecule has 2 heterocycles. The van der Waals surface area contributed by atoms with Gasteiger partial charge in [-0.3, -0.25) is 4.90 Å². The highest BCUT2D eigenvalue weighted by molar-refractivity contribution is 9.10. The van der Waals surface area contributed by atoms with Gasteiger partial charge in [-0.2, -0.15) is 11.8 Å². The lowest BCUT2D eigenvalue weighted by molar-refractivity contribution is 0.133. The highest BCUT2D eigenvalue weighted by Gasteiger charge is 2.22. The first-order valence-electron chi connectivity index (χ1n) is 4.95. The fourth-order valence-corrected chi connectivity index (χ4v) is 3.23. The lowest BCUT2D eigenvalue weighted by Gasteiger charge is -2.33. The van der Waals surface area contributed by atoms with E-state index in [1.165, 1.54) is 0 Å². The zero-order chi connectivity index (χ0) is 10.7. The third kappa shape index (κ3) is 3.00. The van der Waals surface area contributed by atoms with Crippen LogP contribution in [0.5, 0.6) is 0 Å². The van der Waals surface area contributed by atoms with E-state index in [0.717, 1.165) is 34.8 Å². The van der Waals surface area contributed by atoms with E-state index in [2.05, 4.69) is 20.8 Å². The summed E-state index contributed by atoms with van der Waals surface area (Å²) in [5.74, 6) is 2.17. The molecule has 0 saturated carbocycles. The zero-order valence-corrected chi connectivity index (χ0v) is 10.8. The summed E-state index contributed by atoms with van der Waals surface area (Å²) in [7, 11) is 0. The lowest BCUT2D eigenvalue weighted by Crippen LogP contribution is -2.43. The van der Waals surface area contributed by atoms with Crippen molar-refractivity contribution in [1.82, 2.24) is 4.90 Å². The first-order chi connectivity index (χ1) is 7.29. The molecular formula is C10H14BrNO2S. The number of thioether (sulfide) groups is 1. The molecule has 2 rings (SSSR count). The van der Waals surface area contributed by atoms with Crippen molar-refractivity contribution in [3.8, 4) is 0 Å². The van der Waals surface area contributed by atoms with E-state index in [1.807, 2.05) is 17.8 Å². The molecule has 1 atom stereocenters. The van der Waals surface area contributed by atoms with Crippen molar-refractivity contribution in [2.75, 3.05) is 24.7 Å². The van der Waals surface area contributed by atoms with Crippen molar-refractivity contribution in [1.29, 1.82) is 0 Å². The summed E-state index contributed by atoms with van der Waals surface area (Å²) >= 11 is 5.20. The molecule has 1 fully saturated rings. The maximum atomic E-state index is 9.26. The molecule has 0 amide bonds. The Morgan fingerprint density at radius 3 is 3.20 bits per heavy atom. The van der Waals surface area contributed by atoms with Crippen molar-refractivity contribution in [2.45, 2.75) is 12.6 Å². The molecule has 1 aromatic heterocycles. The highest BCUT2D eigenvalue weighted by atomic mass is 79.9. The van der Waals surface area contributed by atoms with Crippen molar-refractivity contribution in [3.05, 3.63) is 22.6 Å². The van der Waals surface area contributed by atoms with Crippen molar-refractivity contribution < 1.29 is 9.52 Å². The SMILES string of the molecule is OCC1CSCCN1Cc1coc(Br)c1. The summed E-state index contributed by atoms with van der Waals surface area (Å²) in [6.45, 7) is 2.14. The number of hydrogen-bond donors (Lipinski definition) is 1. The Kier molecular flexibility index (Phi) is 4.13. The minimum atomic E-state index is 0.242. The third-order valence-corrected chi connectivity index (χ3v) is 4.08. The minimum absolute atomic E-state index is 0.242. The summed E-state index contributed by atoms with van der Waals surface area (Å²) in [6, 6.07) is 2.27. The Labute approximate surface area is 102 Å². The average Bonchev–Trinajstić information content (AvgIpc) is 2.65. The molecule has 1 unspecified atom stereocenters. The van der Waals surface area contributed by atoms with E-state index in [-0.39, 0.29) is 12.6 Å². The molecule has 0 aromatic carbocycles. The Balaban J connectivity index is 1.97. The molecule has 0 spiro atoms. The molecule has 0 bridgehead atoms. The fraction of sp³-hybridized carbons (Fsp3) is 0.600. The van der Waals surface area contributed by atoms with Crippen LogP contribution < -0.4 is 0 Å². The molecular weight excluding hydrogens is 278 g/mol. The van der Waals surface area contributed by atoms with Crippen LogP contribution in [0.2, 0.25) is 0 Å². The van der Waals surface area contributed by atoms with Crippen LogP contribution >= 0.6 is 27.7 Å². The Hall–Kier alpha value is 0.0300. The topological polar surface area (TPSA) is 36.6 Å². The summed E-state index contributed by atoms with van der Waals surface area (Å²) in [6.07, 6.45) is 1.76. The van der Waals surface area contributed by atoms with E-state index in [0.29, 0.717) is 0 Å². The number of hydrogen-bond acceptors (Lipinski definition) is 4. The molecule has 1 aliphatic heterocycles. The van der Waals surface area contributed by atoms with Crippen molar-refractivity contribution in [2.24, 2.45) is 0 Å². The lowest BCUT2D eigenvalue weighted by atomic mass is 10.2. The van der Waals surface area contributed by atoms with Crippen LogP contribution in [0.15, 0.2) is 21.4 Å². The number of aliphatic hydroxyl groups is 1. The van der Waals surface area contributed by atoms with Gasteiger partial charge in [-0.25, -0.2) is 0 Å². The summed E-state index contributed by atoms with van der Waals surface area (Å²) in [5, 5.41) is 9.26. The van der Waals surface area contributed by atoms with Gasteiger partial charge in [0.15, 0.2) is 4.67 Å². The Bertz CT molecular complexity index is 318. The number of aliphatic hydroxyl groups excluding tert-OH is 1. The van der Waals surface area contributed by atoms with E-state index in [1.54, 1.807) is 6.26 Å². The highest BCUT2D eigenvalue weighted by Crippen LogP contribution is 2.21. The van der Waals surface area contributed by atoms with Gasteiger partial charge >= 0.3 is 0 Å². The monoisotopic (exact) mass is 291 g/mol. The van der Waals surface area contributed by atoms with Crippen molar-refractivity contribution in [3.63, 3.8) is 0 Å². The number of furan rings is 1. The van der Waals surface area contributed by atoms with Gasteiger partial charge in [-0.05, 0) is 22.0 Å². The first kappa shape index (κ1) is 11.5. The summed E-state index contributed by atoms with van der Waals surface area (Å²) in [4.78, 5) is 2.31. The first-order valence-corrected chi connectivity index (χ1v) is 6.90. The molecule has 1 aromatic rings. The van der Waals surface area contributed by atoms with Crippen LogP contribution in [0.3, 0.4) is 0 Å². The van der Waals surface area contributed by atoms with Gasteiger partial charge < -0.3 is 9.52 Å². The number of halogens is 1. The number of nitrogens with zero attached hydrogens (tertiary/aromatic N) is 1. The smallest absolute Gasteiger partial charge is 0.169 e. The molecule has 3 nitrogen and oxygen atoms in total. The number of rotatable bonds is 3. The van der Waals surface area contributed by atoms with Gasteiger partial charge in [0.25, 0.3) is 0 Å². The summed E-state index contributed by atoms with van der Waals surface area (Å²) < 4.78 is 5.97. The largest absolute Gasteiger partial charge is 0.457 e. The second-order valence-corrected chi connectivity index (χ2v) is 5.57. The maximum absolute atomic E-state index is 9.26. The van der Waals surface area contributed by atoms with Gasteiger partial charge in [0, 0.05) is 36.2 Å². The van der Waals surface area contributed by atoms with Crippen LogP contribution in [-0.4, -0.2) is 40.7 Å². The third-order valence-electron chi connectivity index (χ3n) is 2.57. The second-order valence-electron chi connectivity index (χ2n) is 3.64. The van der Waals surface area contributed by atoms with Gasteiger partial charge in [-0.15, -0.1) is 0 Å². The van der Waals surface area contributed by atoms with Gasteiger partial charge in [0.1, 0.15) is 0 Å². The van der Waals surface area contributed by atoms with Crippen LogP contribution in [0.1, 0.15) is 5.56 Å².